The van der Waals surface area contributed by atoms with Crippen molar-refractivity contribution in [2.45, 2.75) is 32.8 Å². The van der Waals surface area contributed by atoms with E-state index in [1.54, 1.807) is 25.3 Å². The van der Waals surface area contributed by atoms with E-state index < -0.39 is 0 Å². The maximum atomic E-state index is 11.9. The molecule has 1 N–H and O–H groups in total. The number of aromatic nitrogens is 1. The van der Waals surface area contributed by atoms with Crippen molar-refractivity contribution in [3.05, 3.63) is 23.9 Å². The highest BCUT2D eigenvalue weighted by Crippen LogP contribution is 2.24. The third-order valence-corrected chi connectivity index (χ3v) is 3.58. The zero-order valence-corrected chi connectivity index (χ0v) is 12.1. The second kappa shape index (κ2) is 7.24. The summed E-state index contributed by atoms with van der Waals surface area (Å²) in [6.07, 6.45) is 4.04. The van der Waals surface area contributed by atoms with Gasteiger partial charge in [0, 0.05) is 25.3 Å². The van der Waals surface area contributed by atoms with Crippen molar-refractivity contribution >= 4 is 11.8 Å². The lowest BCUT2D eigenvalue weighted by Gasteiger charge is -2.18. The Labute approximate surface area is 119 Å². The number of esters is 1. The summed E-state index contributed by atoms with van der Waals surface area (Å²) in [6, 6.07) is 3.47. The molecular weight excluding hydrogens is 256 g/mol. The van der Waals surface area contributed by atoms with Crippen LogP contribution < -0.4 is 5.32 Å². The highest BCUT2D eigenvalue weighted by atomic mass is 16.5. The molecule has 0 amide bonds. The molecule has 1 aromatic heterocycles. The first-order chi connectivity index (χ1) is 9.76. The van der Waals surface area contributed by atoms with Crippen molar-refractivity contribution in [3.8, 4) is 0 Å². The first kappa shape index (κ1) is 14.8. The van der Waals surface area contributed by atoms with E-state index in [1.807, 2.05) is 0 Å². The van der Waals surface area contributed by atoms with E-state index in [4.69, 9.17) is 9.47 Å². The van der Waals surface area contributed by atoms with Crippen LogP contribution in [0.4, 0.5) is 5.82 Å². The molecule has 1 aliphatic heterocycles. The van der Waals surface area contributed by atoms with Crippen LogP contribution in [-0.4, -0.2) is 36.8 Å². The number of anilines is 1. The van der Waals surface area contributed by atoms with Gasteiger partial charge in [0.15, 0.2) is 0 Å². The summed E-state index contributed by atoms with van der Waals surface area (Å²) in [5.41, 5.74) is 0.487. The number of hydrogen-bond donors (Lipinski definition) is 1. The molecule has 0 radical (unpaired) electrons. The van der Waals surface area contributed by atoms with Crippen LogP contribution >= 0.6 is 0 Å². The highest BCUT2D eigenvalue weighted by molar-refractivity contribution is 5.94. The Bertz CT molecular complexity index is 450. The molecular formula is C15H22N2O3. The Morgan fingerprint density at radius 2 is 2.40 bits per heavy atom. The zero-order valence-electron chi connectivity index (χ0n) is 12.1. The second-order valence-corrected chi connectivity index (χ2v) is 4.87. The van der Waals surface area contributed by atoms with Crippen molar-refractivity contribution < 1.29 is 14.3 Å². The van der Waals surface area contributed by atoms with Crippen molar-refractivity contribution in [2.24, 2.45) is 5.92 Å². The molecule has 2 rings (SSSR count). The molecule has 1 aromatic rings. The maximum absolute atomic E-state index is 11.9. The Morgan fingerprint density at radius 3 is 3.15 bits per heavy atom. The van der Waals surface area contributed by atoms with Crippen molar-refractivity contribution in [1.82, 2.24) is 4.98 Å². The largest absolute Gasteiger partial charge is 0.462 e. The molecule has 5 heteroatoms. The number of ether oxygens (including phenoxy) is 2. The Kier molecular flexibility index (Phi) is 5.35. The number of pyridine rings is 1. The molecule has 2 atom stereocenters. The molecule has 2 unspecified atom stereocenters. The van der Waals surface area contributed by atoms with Crippen molar-refractivity contribution in [2.75, 3.05) is 25.1 Å². The molecule has 0 aliphatic carbocycles. The van der Waals surface area contributed by atoms with E-state index in [-0.39, 0.29) is 5.97 Å². The molecule has 0 saturated carbocycles. The molecule has 1 fully saturated rings. The minimum Gasteiger partial charge on any atom is -0.462 e. The van der Waals surface area contributed by atoms with Crippen LogP contribution in [0.15, 0.2) is 18.3 Å². The third-order valence-electron chi connectivity index (χ3n) is 3.58. The molecule has 5 nitrogen and oxygen atoms in total. The first-order valence-electron chi connectivity index (χ1n) is 7.23. The lowest BCUT2D eigenvalue weighted by Crippen LogP contribution is -2.24. The van der Waals surface area contributed by atoms with Gasteiger partial charge in [0.25, 0.3) is 0 Å². The van der Waals surface area contributed by atoms with Crippen LogP contribution in [0.3, 0.4) is 0 Å². The van der Waals surface area contributed by atoms with Crippen LogP contribution in [0.25, 0.3) is 0 Å². The lowest BCUT2D eigenvalue weighted by atomic mass is 9.99. The number of hydrogen-bond acceptors (Lipinski definition) is 5. The smallest absolute Gasteiger partial charge is 0.341 e. The number of carbonyl (C=O) groups is 1. The number of nitrogens with one attached hydrogen (secondary N) is 1. The van der Waals surface area contributed by atoms with Crippen LogP contribution in [0.2, 0.25) is 0 Å². The molecule has 0 aromatic carbocycles. The van der Waals surface area contributed by atoms with Gasteiger partial charge in [-0.15, -0.1) is 0 Å². The standard InChI is InChI=1S/C15H22N2O3/c1-3-13-11(7-9-20-13)10-17-14-12(6-5-8-16-14)15(18)19-4-2/h5-6,8,11,13H,3-4,7,9-10H2,1-2H3,(H,16,17). The fourth-order valence-electron chi connectivity index (χ4n) is 2.52. The summed E-state index contributed by atoms with van der Waals surface area (Å²) in [4.78, 5) is 16.1. The van der Waals surface area contributed by atoms with E-state index in [0.29, 0.717) is 30.0 Å². The Balaban J connectivity index is 2.00. The topological polar surface area (TPSA) is 60.5 Å². The summed E-state index contributed by atoms with van der Waals surface area (Å²) >= 11 is 0. The first-order valence-corrected chi connectivity index (χ1v) is 7.23. The van der Waals surface area contributed by atoms with Crippen LogP contribution in [0.5, 0.6) is 0 Å². The minimum atomic E-state index is -0.335. The normalized spacial score (nSPS) is 21.7. The number of carbonyl (C=O) groups excluding carboxylic acids is 1. The minimum absolute atomic E-state index is 0.303. The van der Waals surface area contributed by atoms with Gasteiger partial charge in [-0.3, -0.25) is 0 Å². The summed E-state index contributed by atoms with van der Waals surface area (Å²) in [7, 11) is 0. The average Bonchev–Trinajstić information content (AvgIpc) is 2.93. The number of nitrogens with zero attached hydrogens (tertiary/aromatic N) is 1. The van der Waals surface area contributed by atoms with Gasteiger partial charge in [-0.05, 0) is 31.9 Å². The molecule has 2 heterocycles. The van der Waals surface area contributed by atoms with Gasteiger partial charge in [-0.25, -0.2) is 9.78 Å². The van der Waals surface area contributed by atoms with E-state index >= 15 is 0 Å². The number of rotatable bonds is 6. The second-order valence-electron chi connectivity index (χ2n) is 4.87. The fourth-order valence-corrected chi connectivity index (χ4v) is 2.52. The molecule has 0 bridgehead atoms. The summed E-state index contributed by atoms with van der Waals surface area (Å²) in [5.74, 6) is 0.725. The quantitative estimate of drug-likeness (QED) is 0.810. The van der Waals surface area contributed by atoms with Gasteiger partial charge < -0.3 is 14.8 Å². The van der Waals surface area contributed by atoms with Gasteiger partial charge in [-0.1, -0.05) is 6.92 Å². The summed E-state index contributed by atoms with van der Waals surface area (Å²) in [6.45, 7) is 5.87. The molecule has 0 spiro atoms. The molecule has 20 heavy (non-hydrogen) atoms. The Morgan fingerprint density at radius 1 is 1.55 bits per heavy atom. The predicted molar refractivity (Wildman–Crippen MR) is 76.8 cm³/mol. The Hall–Kier alpha value is -1.62. The van der Waals surface area contributed by atoms with Crippen LogP contribution in [-0.2, 0) is 9.47 Å². The lowest BCUT2D eigenvalue weighted by molar-refractivity contribution is 0.0527. The fraction of sp³-hybridized carbons (Fsp3) is 0.600. The van der Waals surface area contributed by atoms with E-state index in [9.17, 15) is 4.79 Å². The van der Waals surface area contributed by atoms with Gasteiger partial charge in [0.2, 0.25) is 0 Å². The monoisotopic (exact) mass is 278 g/mol. The maximum Gasteiger partial charge on any atom is 0.341 e. The van der Waals surface area contributed by atoms with Crippen LogP contribution in [0, 0.1) is 5.92 Å². The predicted octanol–water partition coefficient (Wildman–Crippen LogP) is 2.49. The highest BCUT2D eigenvalue weighted by Gasteiger charge is 2.26. The zero-order chi connectivity index (χ0) is 14.4. The molecule has 1 saturated heterocycles. The molecule has 1 aliphatic rings. The SMILES string of the molecule is CCOC(=O)c1cccnc1NCC1CCOC1CC. The van der Waals surface area contributed by atoms with Gasteiger partial charge in [-0.2, -0.15) is 0 Å². The van der Waals surface area contributed by atoms with Crippen molar-refractivity contribution in [1.29, 1.82) is 0 Å². The molecule has 110 valence electrons. The van der Waals surface area contributed by atoms with E-state index in [2.05, 4.69) is 17.2 Å². The van der Waals surface area contributed by atoms with E-state index in [1.165, 1.54) is 0 Å². The third kappa shape index (κ3) is 3.48. The van der Waals surface area contributed by atoms with Gasteiger partial charge >= 0.3 is 5.97 Å². The van der Waals surface area contributed by atoms with Crippen LogP contribution in [0.1, 0.15) is 37.0 Å². The van der Waals surface area contributed by atoms with Gasteiger partial charge in [0.1, 0.15) is 11.4 Å². The van der Waals surface area contributed by atoms with Crippen molar-refractivity contribution in [3.63, 3.8) is 0 Å². The van der Waals surface area contributed by atoms with E-state index in [0.717, 1.165) is 26.0 Å². The summed E-state index contributed by atoms with van der Waals surface area (Å²) in [5, 5.41) is 3.27. The summed E-state index contributed by atoms with van der Waals surface area (Å²) < 4.78 is 10.7. The average molecular weight is 278 g/mol. The van der Waals surface area contributed by atoms with Gasteiger partial charge in [0.05, 0.1) is 12.7 Å².